The first kappa shape index (κ1) is 8.00. The Balaban J connectivity index is 2.47. The van der Waals surface area contributed by atoms with Gasteiger partial charge in [-0.05, 0) is 36.5 Å². The molecule has 0 saturated carbocycles. The van der Waals surface area contributed by atoms with E-state index in [1.54, 1.807) is 24.3 Å². The van der Waals surface area contributed by atoms with Crippen molar-refractivity contribution in [3.63, 3.8) is 0 Å². The van der Waals surface area contributed by atoms with Crippen LogP contribution in [-0.2, 0) is 0 Å². The van der Waals surface area contributed by atoms with Gasteiger partial charge in [-0.25, -0.2) is 5.16 Å². The van der Waals surface area contributed by atoms with E-state index in [1.807, 2.05) is 0 Å². The van der Waals surface area contributed by atoms with Gasteiger partial charge in [-0.1, -0.05) is 0 Å². The minimum absolute atomic E-state index is 0.170. The lowest BCUT2D eigenvalue weighted by molar-refractivity contribution is 0.406. The van der Waals surface area contributed by atoms with Gasteiger partial charge in [0.1, 0.15) is 5.75 Å². The number of benzene rings is 1. The van der Waals surface area contributed by atoms with Crippen LogP contribution < -0.4 is 0 Å². The fraction of sp³-hybridized carbons (Fsp3) is 0. The lowest BCUT2D eigenvalue weighted by Crippen LogP contribution is -1.78. The van der Waals surface area contributed by atoms with Crippen molar-refractivity contribution >= 4 is 12.2 Å². The Morgan fingerprint density at radius 2 is 2.00 bits per heavy atom. The quantitative estimate of drug-likeness (QED) is 0.682. The van der Waals surface area contributed by atoms with E-state index in [9.17, 15) is 0 Å². The number of nitrogens with one attached hydrogen (secondary N) is 1. The van der Waals surface area contributed by atoms with Gasteiger partial charge in [0, 0.05) is 5.56 Å². The third-order valence-corrected chi connectivity index (χ3v) is 1.75. The average Bonchev–Trinajstić information content (AvgIpc) is 2.53. The number of H-pyrrole nitrogens is 1. The molecular formula is C8H6N2O2S. The molecule has 0 fully saturated rings. The number of hydrogen-bond donors (Lipinski definition) is 2. The Morgan fingerprint density at radius 1 is 1.31 bits per heavy atom. The number of hydrogen-bond acceptors (Lipinski definition) is 4. The van der Waals surface area contributed by atoms with E-state index < -0.39 is 0 Å². The van der Waals surface area contributed by atoms with Gasteiger partial charge in [-0.2, -0.15) is 4.98 Å². The molecule has 0 aliphatic rings. The molecule has 0 radical (unpaired) electrons. The summed E-state index contributed by atoms with van der Waals surface area (Å²) in [4.78, 5) is 4.09. The minimum atomic E-state index is 0.170. The van der Waals surface area contributed by atoms with Crippen LogP contribution in [0.15, 0.2) is 28.8 Å². The standard InChI is InChI=1S/C8H6N2O2S/c11-6-3-1-5(2-4-6)7-9-8(13)12-10-7/h1-4,11H,(H,9,10,13). The molecule has 0 atom stereocenters. The van der Waals surface area contributed by atoms with Gasteiger partial charge in [0.05, 0.1) is 0 Å². The van der Waals surface area contributed by atoms with Crippen molar-refractivity contribution in [1.29, 1.82) is 0 Å². The predicted molar refractivity (Wildman–Crippen MR) is 48.8 cm³/mol. The van der Waals surface area contributed by atoms with Crippen LogP contribution >= 0.6 is 12.2 Å². The highest BCUT2D eigenvalue weighted by molar-refractivity contribution is 7.71. The molecule has 0 bridgehead atoms. The maximum atomic E-state index is 9.03. The van der Waals surface area contributed by atoms with Crippen LogP contribution in [-0.4, -0.2) is 15.2 Å². The first-order valence-electron chi connectivity index (χ1n) is 3.60. The van der Waals surface area contributed by atoms with Gasteiger partial charge in [-0.3, -0.25) is 0 Å². The maximum Gasteiger partial charge on any atom is 0.314 e. The largest absolute Gasteiger partial charge is 0.508 e. The van der Waals surface area contributed by atoms with Gasteiger partial charge in [0.15, 0.2) is 5.82 Å². The van der Waals surface area contributed by atoms with E-state index in [2.05, 4.69) is 10.1 Å². The summed E-state index contributed by atoms with van der Waals surface area (Å²) in [5, 5.41) is 11.6. The third-order valence-electron chi connectivity index (χ3n) is 1.58. The topological polar surface area (TPSA) is 62.1 Å². The smallest absolute Gasteiger partial charge is 0.314 e. The van der Waals surface area contributed by atoms with Crippen LogP contribution in [0.1, 0.15) is 0 Å². The van der Waals surface area contributed by atoms with Gasteiger partial charge >= 0.3 is 4.84 Å². The molecule has 13 heavy (non-hydrogen) atoms. The van der Waals surface area contributed by atoms with Crippen LogP contribution in [0.5, 0.6) is 5.75 Å². The van der Waals surface area contributed by atoms with E-state index in [-0.39, 0.29) is 10.6 Å². The number of aromatic amines is 1. The van der Waals surface area contributed by atoms with Crippen molar-refractivity contribution in [2.24, 2.45) is 0 Å². The molecule has 0 aliphatic heterocycles. The second-order valence-electron chi connectivity index (χ2n) is 2.48. The molecule has 0 spiro atoms. The molecule has 2 rings (SSSR count). The molecule has 0 unspecified atom stereocenters. The van der Waals surface area contributed by atoms with Crippen molar-refractivity contribution in [3.05, 3.63) is 29.1 Å². The molecule has 1 aromatic heterocycles. The SMILES string of the molecule is Oc1ccc(-c2nc(=S)o[nH]2)cc1. The van der Waals surface area contributed by atoms with Crippen molar-refractivity contribution in [3.8, 4) is 17.1 Å². The summed E-state index contributed by atoms with van der Waals surface area (Å²) in [5.74, 6) is 0.774. The van der Waals surface area contributed by atoms with Crippen LogP contribution in [0.3, 0.4) is 0 Å². The van der Waals surface area contributed by atoms with Crippen LogP contribution in [0.4, 0.5) is 0 Å². The summed E-state index contributed by atoms with van der Waals surface area (Å²) in [6.45, 7) is 0. The molecule has 2 N–H and O–H groups in total. The van der Waals surface area contributed by atoms with Gasteiger partial charge in [0.2, 0.25) is 0 Å². The molecule has 5 heteroatoms. The molecule has 2 aromatic rings. The second kappa shape index (κ2) is 3.02. The Kier molecular flexibility index (Phi) is 1.86. The fourth-order valence-corrected chi connectivity index (χ4v) is 1.10. The zero-order chi connectivity index (χ0) is 9.26. The van der Waals surface area contributed by atoms with Crippen LogP contribution in [0, 0.1) is 4.84 Å². The van der Waals surface area contributed by atoms with Crippen molar-refractivity contribution in [2.45, 2.75) is 0 Å². The lowest BCUT2D eigenvalue weighted by Gasteiger charge is -1.94. The fourth-order valence-electron chi connectivity index (χ4n) is 0.972. The van der Waals surface area contributed by atoms with E-state index in [0.717, 1.165) is 5.56 Å². The first-order valence-corrected chi connectivity index (χ1v) is 4.01. The Hall–Kier alpha value is -1.62. The van der Waals surface area contributed by atoms with Gasteiger partial charge < -0.3 is 9.63 Å². The number of aromatic nitrogens is 2. The monoisotopic (exact) mass is 194 g/mol. The predicted octanol–water partition coefficient (Wildman–Crippen LogP) is 2.10. The molecule has 0 saturated heterocycles. The molecule has 1 aromatic carbocycles. The minimum Gasteiger partial charge on any atom is -0.508 e. The first-order chi connectivity index (χ1) is 6.25. The molecule has 1 heterocycles. The normalized spacial score (nSPS) is 10.2. The molecule has 4 nitrogen and oxygen atoms in total. The maximum absolute atomic E-state index is 9.03. The number of nitrogens with zero attached hydrogens (tertiary/aromatic N) is 1. The summed E-state index contributed by atoms with van der Waals surface area (Å²) in [7, 11) is 0. The highest BCUT2D eigenvalue weighted by atomic mass is 32.1. The van der Waals surface area contributed by atoms with E-state index in [0.29, 0.717) is 5.82 Å². The summed E-state index contributed by atoms with van der Waals surface area (Å²) in [6.07, 6.45) is 0. The second-order valence-corrected chi connectivity index (χ2v) is 2.83. The molecule has 0 amide bonds. The summed E-state index contributed by atoms with van der Waals surface area (Å²) < 4.78 is 4.77. The number of phenols is 1. The van der Waals surface area contributed by atoms with Crippen LogP contribution in [0.25, 0.3) is 11.4 Å². The van der Waals surface area contributed by atoms with Crippen LogP contribution in [0.2, 0.25) is 0 Å². The summed E-state index contributed by atoms with van der Waals surface area (Å²) >= 11 is 4.70. The zero-order valence-corrected chi connectivity index (χ0v) is 7.34. The van der Waals surface area contributed by atoms with E-state index in [1.165, 1.54) is 0 Å². The molecular weight excluding hydrogens is 188 g/mol. The van der Waals surface area contributed by atoms with Crippen molar-refractivity contribution in [1.82, 2.24) is 10.1 Å². The summed E-state index contributed by atoms with van der Waals surface area (Å²) in [5.41, 5.74) is 0.817. The molecule has 0 aliphatic carbocycles. The van der Waals surface area contributed by atoms with Gasteiger partial charge in [0.25, 0.3) is 0 Å². The Labute approximate surface area is 78.8 Å². The average molecular weight is 194 g/mol. The Bertz CT molecular complexity index is 457. The number of rotatable bonds is 1. The lowest BCUT2D eigenvalue weighted by atomic mass is 10.2. The van der Waals surface area contributed by atoms with Crippen molar-refractivity contribution < 1.29 is 9.63 Å². The summed E-state index contributed by atoms with van der Waals surface area (Å²) in [6, 6.07) is 6.58. The third kappa shape index (κ3) is 1.59. The Morgan fingerprint density at radius 3 is 2.54 bits per heavy atom. The zero-order valence-electron chi connectivity index (χ0n) is 6.52. The highest BCUT2D eigenvalue weighted by Crippen LogP contribution is 2.17. The number of phenolic OH excluding ortho intramolecular Hbond substituents is 1. The van der Waals surface area contributed by atoms with Crippen molar-refractivity contribution in [2.75, 3.05) is 0 Å². The van der Waals surface area contributed by atoms with E-state index >= 15 is 0 Å². The number of aromatic hydroxyl groups is 1. The van der Waals surface area contributed by atoms with E-state index in [4.69, 9.17) is 21.8 Å². The highest BCUT2D eigenvalue weighted by Gasteiger charge is 2.01. The molecule has 66 valence electrons. The van der Waals surface area contributed by atoms with Gasteiger partial charge in [-0.15, -0.1) is 0 Å².